The Kier molecular flexibility index (Phi) is 7.32. The van der Waals surface area contributed by atoms with E-state index in [0.29, 0.717) is 18.4 Å². The van der Waals surface area contributed by atoms with E-state index in [0.717, 1.165) is 18.2 Å². The van der Waals surface area contributed by atoms with E-state index in [1.54, 1.807) is 12.1 Å². The van der Waals surface area contributed by atoms with Gasteiger partial charge < -0.3 is 9.69 Å². The van der Waals surface area contributed by atoms with Crippen LogP contribution in [0.5, 0.6) is 0 Å². The van der Waals surface area contributed by atoms with Gasteiger partial charge in [0.2, 0.25) is 0 Å². The molecular weight excluding hydrogens is 378 g/mol. The predicted molar refractivity (Wildman–Crippen MR) is 108 cm³/mol. The highest BCUT2D eigenvalue weighted by atomic mass is 32.2. The third kappa shape index (κ3) is 6.42. The number of aryl methyl sites for hydroxylation is 1. The predicted octanol–water partition coefficient (Wildman–Crippen LogP) is 2.89. The van der Waals surface area contributed by atoms with Crippen molar-refractivity contribution in [1.29, 1.82) is 0 Å². The lowest BCUT2D eigenvalue weighted by Gasteiger charge is -2.37. The van der Waals surface area contributed by atoms with Gasteiger partial charge in [0, 0.05) is 17.5 Å². The van der Waals surface area contributed by atoms with Crippen molar-refractivity contribution in [2.75, 3.05) is 19.4 Å². The fourth-order valence-corrected chi connectivity index (χ4v) is 3.50. The summed E-state index contributed by atoms with van der Waals surface area (Å²) in [4.78, 5) is 26.5. The summed E-state index contributed by atoms with van der Waals surface area (Å²) in [7, 11) is -3.61. The number of carbonyl (C=O) groups excluding carboxylic acids is 2. The summed E-state index contributed by atoms with van der Waals surface area (Å²) < 4.78 is 27.2. The van der Waals surface area contributed by atoms with Crippen LogP contribution in [-0.4, -0.2) is 51.0 Å². The van der Waals surface area contributed by atoms with E-state index >= 15 is 0 Å². The molecule has 152 valence electrons. The van der Waals surface area contributed by atoms with Gasteiger partial charge in [-0.05, 0) is 31.9 Å². The maximum absolute atomic E-state index is 13.2. The van der Waals surface area contributed by atoms with Crippen LogP contribution in [-0.2, 0) is 19.1 Å². The molecule has 7 heteroatoms. The van der Waals surface area contributed by atoms with Crippen molar-refractivity contribution in [3.63, 3.8) is 0 Å². The average molecular weight is 406 g/mol. The number of benzene rings is 1. The van der Waals surface area contributed by atoms with Gasteiger partial charge in [-0.3, -0.25) is 8.98 Å². The zero-order chi connectivity index (χ0) is 20.8. The van der Waals surface area contributed by atoms with Gasteiger partial charge in [-0.15, -0.1) is 0 Å². The minimum absolute atomic E-state index is 0.101. The van der Waals surface area contributed by atoms with Crippen LogP contribution in [0.1, 0.15) is 35.7 Å². The summed E-state index contributed by atoms with van der Waals surface area (Å²) in [6.07, 6.45) is 10.4. The minimum Gasteiger partial charge on any atom is -0.328 e. The molecule has 1 aromatic rings. The Bertz CT molecular complexity index is 857. The van der Waals surface area contributed by atoms with Crippen LogP contribution in [0.2, 0.25) is 0 Å². The van der Waals surface area contributed by atoms with Gasteiger partial charge in [0.1, 0.15) is 6.29 Å². The first-order valence-corrected chi connectivity index (χ1v) is 11.0. The van der Waals surface area contributed by atoms with Gasteiger partial charge in [0.25, 0.3) is 16.0 Å². The summed E-state index contributed by atoms with van der Waals surface area (Å²) >= 11 is 0. The summed E-state index contributed by atoms with van der Waals surface area (Å²) in [6.45, 7) is 4.13. The number of nitrogens with zero attached hydrogens (tertiary/aromatic N) is 1. The van der Waals surface area contributed by atoms with Crippen molar-refractivity contribution in [2.45, 2.75) is 32.7 Å². The normalized spacial score (nSPS) is 20.0. The van der Waals surface area contributed by atoms with Crippen molar-refractivity contribution in [2.24, 2.45) is 5.41 Å². The maximum atomic E-state index is 13.2. The highest BCUT2D eigenvalue weighted by molar-refractivity contribution is 7.85. The second kappa shape index (κ2) is 9.30. The molecule has 0 bridgehead atoms. The molecule has 2 rings (SSSR count). The van der Waals surface area contributed by atoms with Crippen molar-refractivity contribution in [1.82, 2.24) is 4.90 Å². The van der Waals surface area contributed by atoms with E-state index in [9.17, 15) is 18.0 Å². The van der Waals surface area contributed by atoms with E-state index in [1.807, 2.05) is 50.3 Å². The molecule has 0 saturated heterocycles. The van der Waals surface area contributed by atoms with E-state index in [-0.39, 0.29) is 24.3 Å². The standard InChI is InChI=1S/C21H27NO5S/c1-17-7-9-18(10-8-17)20(24)22(16-21(2)12-5-4-6-13-21)19(15-23)11-14-27-28(3,25)26/h4-10,12,15,19H,11,13-14,16H2,1-3H3. The maximum Gasteiger partial charge on any atom is 0.264 e. The Morgan fingerprint density at radius 2 is 1.96 bits per heavy atom. The number of hydrogen-bond acceptors (Lipinski definition) is 5. The third-order valence-corrected chi connectivity index (χ3v) is 5.28. The first-order valence-electron chi connectivity index (χ1n) is 9.15. The molecule has 0 fully saturated rings. The number of carbonyl (C=O) groups is 2. The first-order chi connectivity index (χ1) is 13.1. The van der Waals surface area contributed by atoms with Gasteiger partial charge in [0.15, 0.2) is 0 Å². The van der Waals surface area contributed by atoms with Gasteiger partial charge in [0.05, 0.1) is 18.9 Å². The minimum atomic E-state index is -3.61. The van der Waals surface area contributed by atoms with Crippen molar-refractivity contribution < 1.29 is 22.2 Å². The summed E-state index contributed by atoms with van der Waals surface area (Å²) in [6, 6.07) is 6.38. The SMILES string of the molecule is Cc1ccc(C(=O)N(CC2(C)C=CC=CC2)C(C=O)CCOS(C)(=O)=O)cc1. The monoisotopic (exact) mass is 405 g/mol. The van der Waals surface area contributed by atoms with E-state index < -0.39 is 16.2 Å². The average Bonchev–Trinajstić information content (AvgIpc) is 2.63. The molecule has 0 radical (unpaired) electrons. The molecule has 1 amide bonds. The van der Waals surface area contributed by atoms with Gasteiger partial charge in [-0.25, -0.2) is 0 Å². The Balaban J connectivity index is 2.26. The molecule has 0 spiro atoms. The van der Waals surface area contributed by atoms with Crippen LogP contribution in [0.15, 0.2) is 48.6 Å². The summed E-state index contributed by atoms with van der Waals surface area (Å²) in [5.74, 6) is -0.263. The van der Waals surface area contributed by atoms with Crippen molar-refractivity contribution >= 4 is 22.3 Å². The van der Waals surface area contributed by atoms with E-state index in [1.165, 1.54) is 4.90 Å². The molecule has 2 unspecified atom stereocenters. The topological polar surface area (TPSA) is 80.8 Å². The molecule has 1 aliphatic carbocycles. The van der Waals surface area contributed by atoms with E-state index in [4.69, 9.17) is 4.18 Å². The summed E-state index contributed by atoms with van der Waals surface area (Å²) in [5.41, 5.74) is 1.21. The fourth-order valence-electron chi connectivity index (χ4n) is 3.10. The van der Waals surface area contributed by atoms with Gasteiger partial charge in [-0.1, -0.05) is 48.9 Å². The lowest BCUT2D eigenvalue weighted by atomic mass is 9.82. The lowest BCUT2D eigenvalue weighted by molar-refractivity contribution is -0.112. The molecular formula is C21H27NO5S. The number of rotatable bonds is 9. The second-order valence-electron chi connectivity index (χ2n) is 7.46. The van der Waals surface area contributed by atoms with Crippen LogP contribution in [0.3, 0.4) is 0 Å². The molecule has 6 nitrogen and oxygen atoms in total. The molecule has 0 N–H and O–H groups in total. The fraction of sp³-hybridized carbons (Fsp3) is 0.429. The largest absolute Gasteiger partial charge is 0.328 e. The zero-order valence-electron chi connectivity index (χ0n) is 16.5. The van der Waals surface area contributed by atoms with Crippen LogP contribution in [0.4, 0.5) is 0 Å². The molecule has 1 aliphatic rings. The molecule has 1 aromatic carbocycles. The number of allylic oxidation sites excluding steroid dienone is 3. The Hall–Kier alpha value is -2.25. The number of amides is 1. The summed E-state index contributed by atoms with van der Waals surface area (Å²) in [5, 5.41) is 0. The Labute approximate surface area is 167 Å². The zero-order valence-corrected chi connectivity index (χ0v) is 17.3. The van der Waals surface area contributed by atoms with Gasteiger partial charge in [-0.2, -0.15) is 8.42 Å². The molecule has 0 aromatic heterocycles. The molecule has 2 atom stereocenters. The van der Waals surface area contributed by atoms with E-state index in [2.05, 4.69) is 0 Å². The molecule has 0 aliphatic heterocycles. The van der Waals surface area contributed by atoms with Crippen molar-refractivity contribution in [3.8, 4) is 0 Å². The molecule has 0 heterocycles. The third-order valence-electron chi connectivity index (χ3n) is 4.69. The lowest BCUT2D eigenvalue weighted by Crippen LogP contribution is -2.47. The smallest absolute Gasteiger partial charge is 0.264 e. The van der Waals surface area contributed by atoms with Crippen LogP contribution in [0, 0.1) is 12.3 Å². The van der Waals surface area contributed by atoms with Gasteiger partial charge >= 0.3 is 0 Å². The first kappa shape index (κ1) is 22.0. The van der Waals surface area contributed by atoms with Crippen molar-refractivity contribution in [3.05, 3.63) is 59.7 Å². The quantitative estimate of drug-likeness (QED) is 0.466. The second-order valence-corrected chi connectivity index (χ2v) is 9.11. The molecule has 0 saturated carbocycles. The van der Waals surface area contributed by atoms with Crippen LogP contribution < -0.4 is 0 Å². The Morgan fingerprint density at radius 1 is 1.29 bits per heavy atom. The number of aldehydes is 1. The highest BCUT2D eigenvalue weighted by Crippen LogP contribution is 2.30. The number of hydrogen-bond donors (Lipinski definition) is 0. The Morgan fingerprint density at radius 3 is 2.50 bits per heavy atom. The van der Waals surface area contributed by atoms with Crippen LogP contribution >= 0.6 is 0 Å². The molecule has 28 heavy (non-hydrogen) atoms. The highest BCUT2D eigenvalue weighted by Gasteiger charge is 2.32. The van der Waals surface area contributed by atoms with Crippen LogP contribution in [0.25, 0.3) is 0 Å².